The second-order valence-corrected chi connectivity index (χ2v) is 7.92. The van der Waals surface area contributed by atoms with Crippen molar-refractivity contribution in [3.8, 4) is 0 Å². The van der Waals surface area contributed by atoms with E-state index in [0.29, 0.717) is 30.2 Å². The summed E-state index contributed by atoms with van der Waals surface area (Å²) < 4.78 is 5.49. The SMILES string of the molecule is CN1CCN(c2nc(NC3=NCC(c4ccco4)=C3)nc(N(C)c3ccccc3)n2)CC1. The second kappa shape index (κ2) is 8.80. The van der Waals surface area contributed by atoms with Gasteiger partial charge >= 0.3 is 0 Å². The first-order valence-corrected chi connectivity index (χ1v) is 10.7. The number of furan rings is 1. The third-order valence-corrected chi connectivity index (χ3v) is 5.65. The molecule has 164 valence electrons. The van der Waals surface area contributed by atoms with Gasteiger partial charge in [-0.3, -0.25) is 4.99 Å². The molecule has 1 N–H and O–H groups in total. The zero-order valence-corrected chi connectivity index (χ0v) is 18.3. The van der Waals surface area contributed by atoms with Crippen molar-refractivity contribution in [3.63, 3.8) is 0 Å². The number of aliphatic imine (C=N–C) groups is 1. The fourth-order valence-corrected chi connectivity index (χ4v) is 3.70. The van der Waals surface area contributed by atoms with E-state index in [1.807, 2.05) is 60.5 Å². The predicted molar refractivity (Wildman–Crippen MR) is 127 cm³/mol. The standard InChI is InChI=1S/C23H26N8O/c1-29-10-12-31(13-11-29)23-27-21(25-20-15-17(16-24-20)19-9-6-14-32-19)26-22(28-23)30(2)18-7-4-3-5-8-18/h3-9,14-15H,10-13,16H2,1-2H3,(H,24,25,26,27,28). The van der Waals surface area contributed by atoms with Crippen molar-refractivity contribution >= 4 is 34.9 Å². The van der Waals surface area contributed by atoms with E-state index in [2.05, 4.69) is 27.2 Å². The molecule has 1 fully saturated rings. The number of anilines is 4. The number of para-hydroxylation sites is 1. The molecule has 0 spiro atoms. The minimum absolute atomic E-state index is 0.474. The number of benzene rings is 1. The Morgan fingerprint density at radius 2 is 1.78 bits per heavy atom. The van der Waals surface area contributed by atoms with Crippen LogP contribution in [0.15, 0.2) is 64.2 Å². The summed E-state index contributed by atoms with van der Waals surface area (Å²) in [5.74, 6) is 3.25. The Morgan fingerprint density at radius 1 is 0.969 bits per heavy atom. The molecule has 0 atom stereocenters. The average molecular weight is 431 g/mol. The molecule has 0 saturated carbocycles. The van der Waals surface area contributed by atoms with Gasteiger partial charge in [0, 0.05) is 44.5 Å². The third-order valence-electron chi connectivity index (χ3n) is 5.65. The maximum atomic E-state index is 5.49. The minimum atomic E-state index is 0.474. The molecule has 0 aliphatic carbocycles. The molecule has 9 nitrogen and oxygen atoms in total. The summed E-state index contributed by atoms with van der Waals surface area (Å²) in [4.78, 5) is 25.3. The smallest absolute Gasteiger partial charge is 0.236 e. The molecule has 3 aromatic rings. The molecule has 4 heterocycles. The lowest BCUT2D eigenvalue weighted by Gasteiger charge is -2.32. The molecule has 2 aliphatic heterocycles. The summed E-state index contributed by atoms with van der Waals surface area (Å²) in [5, 5.41) is 3.27. The van der Waals surface area contributed by atoms with Gasteiger partial charge in [0.2, 0.25) is 17.8 Å². The normalized spacial score (nSPS) is 16.6. The highest BCUT2D eigenvalue weighted by molar-refractivity contribution is 6.09. The van der Waals surface area contributed by atoms with E-state index >= 15 is 0 Å². The number of rotatable bonds is 5. The van der Waals surface area contributed by atoms with E-state index in [1.165, 1.54) is 0 Å². The van der Waals surface area contributed by atoms with Crippen molar-refractivity contribution in [2.75, 3.05) is 61.9 Å². The van der Waals surface area contributed by atoms with Crippen LogP contribution in [0.4, 0.5) is 23.5 Å². The first kappa shape index (κ1) is 20.2. The second-order valence-electron chi connectivity index (χ2n) is 7.92. The van der Waals surface area contributed by atoms with Crippen molar-refractivity contribution in [1.29, 1.82) is 0 Å². The van der Waals surface area contributed by atoms with Gasteiger partial charge in [-0.1, -0.05) is 18.2 Å². The number of amidine groups is 1. The van der Waals surface area contributed by atoms with Crippen molar-refractivity contribution < 1.29 is 4.42 Å². The number of aromatic nitrogens is 3. The zero-order chi connectivity index (χ0) is 21.9. The Hall–Kier alpha value is -3.72. The molecular formula is C23H26N8O. The van der Waals surface area contributed by atoms with Crippen molar-refractivity contribution in [2.24, 2.45) is 4.99 Å². The molecule has 32 heavy (non-hydrogen) atoms. The molecule has 0 unspecified atom stereocenters. The van der Waals surface area contributed by atoms with Crippen LogP contribution >= 0.6 is 0 Å². The topological polar surface area (TPSA) is 85.9 Å². The third kappa shape index (κ3) is 4.33. The highest BCUT2D eigenvalue weighted by Crippen LogP contribution is 2.24. The van der Waals surface area contributed by atoms with Gasteiger partial charge in [-0.25, -0.2) is 0 Å². The van der Waals surface area contributed by atoms with Gasteiger partial charge in [0.25, 0.3) is 0 Å². The van der Waals surface area contributed by atoms with Crippen LogP contribution in [0.5, 0.6) is 0 Å². The van der Waals surface area contributed by atoms with Crippen LogP contribution in [0.3, 0.4) is 0 Å². The number of piperazine rings is 1. The van der Waals surface area contributed by atoms with E-state index < -0.39 is 0 Å². The van der Waals surface area contributed by atoms with Gasteiger partial charge in [-0.15, -0.1) is 0 Å². The van der Waals surface area contributed by atoms with Gasteiger partial charge < -0.3 is 24.4 Å². The van der Waals surface area contributed by atoms with Gasteiger partial charge in [0.1, 0.15) is 11.6 Å². The van der Waals surface area contributed by atoms with Crippen LogP contribution in [-0.2, 0) is 0 Å². The van der Waals surface area contributed by atoms with Gasteiger partial charge in [0.05, 0.1) is 12.8 Å². The van der Waals surface area contributed by atoms with Crippen molar-refractivity contribution in [1.82, 2.24) is 19.9 Å². The van der Waals surface area contributed by atoms with Gasteiger partial charge in [-0.2, -0.15) is 15.0 Å². The summed E-state index contributed by atoms with van der Waals surface area (Å²) in [6.07, 6.45) is 3.64. The van der Waals surface area contributed by atoms with E-state index in [9.17, 15) is 0 Å². The molecule has 2 aliphatic rings. The van der Waals surface area contributed by atoms with Crippen LogP contribution in [0.2, 0.25) is 0 Å². The molecule has 2 aromatic heterocycles. The Bertz CT molecular complexity index is 1120. The van der Waals surface area contributed by atoms with Crippen LogP contribution in [0.25, 0.3) is 5.57 Å². The summed E-state index contributed by atoms with van der Waals surface area (Å²) in [6, 6.07) is 13.9. The number of nitrogens with zero attached hydrogens (tertiary/aromatic N) is 7. The van der Waals surface area contributed by atoms with E-state index in [4.69, 9.17) is 19.4 Å². The lowest BCUT2D eigenvalue weighted by molar-refractivity contribution is 0.311. The van der Waals surface area contributed by atoms with Gasteiger partial charge in [0.15, 0.2) is 0 Å². The first-order chi connectivity index (χ1) is 15.7. The summed E-state index contributed by atoms with van der Waals surface area (Å²) in [6.45, 7) is 4.25. The molecule has 1 saturated heterocycles. The molecular weight excluding hydrogens is 404 g/mol. The Morgan fingerprint density at radius 3 is 2.53 bits per heavy atom. The number of nitrogens with one attached hydrogen (secondary N) is 1. The molecule has 5 rings (SSSR count). The van der Waals surface area contributed by atoms with Gasteiger partial charge in [-0.05, 0) is 37.4 Å². The predicted octanol–water partition coefficient (Wildman–Crippen LogP) is 2.89. The first-order valence-electron chi connectivity index (χ1n) is 10.7. The molecule has 1 aromatic carbocycles. The Balaban J connectivity index is 1.44. The van der Waals surface area contributed by atoms with Crippen molar-refractivity contribution in [2.45, 2.75) is 0 Å². The molecule has 0 bridgehead atoms. The zero-order valence-electron chi connectivity index (χ0n) is 18.3. The lowest BCUT2D eigenvalue weighted by atomic mass is 10.2. The molecule has 0 amide bonds. The quantitative estimate of drug-likeness (QED) is 0.661. The highest BCUT2D eigenvalue weighted by atomic mass is 16.3. The fourth-order valence-electron chi connectivity index (χ4n) is 3.70. The maximum Gasteiger partial charge on any atom is 0.236 e. The maximum absolute atomic E-state index is 5.49. The van der Waals surface area contributed by atoms with E-state index in [-0.39, 0.29) is 0 Å². The number of hydrogen-bond donors (Lipinski definition) is 1. The largest absolute Gasteiger partial charge is 0.465 e. The fraction of sp³-hybridized carbons (Fsp3) is 0.304. The summed E-state index contributed by atoms with van der Waals surface area (Å²) in [7, 11) is 4.09. The van der Waals surface area contributed by atoms with Crippen molar-refractivity contribution in [3.05, 3.63) is 60.6 Å². The van der Waals surface area contributed by atoms with E-state index in [1.54, 1.807) is 6.26 Å². The number of hydrogen-bond acceptors (Lipinski definition) is 9. The van der Waals surface area contributed by atoms with E-state index in [0.717, 1.165) is 43.2 Å². The van der Waals surface area contributed by atoms with Crippen LogP contribution in [-0.4, -0.2) is 72.5 Å². The van der Waals surface area contributed by atoms with Crippen LogP contribution in [0.1, 0.15) is 5.76 Å². The Labute approximate surface area is 187 Å². The number of likely N-dealkylation sites (N-methyl/N-ethyl adjacent to an activating group) is 1. The summed E-state index contributed by atoms with van der Waals surface area (Å²) in [5.41, 5.74) is 2.03. The lowest BCUT2D eigenvalue weighted by Crippen LogP contribution is -2.45. The molecule has 9 heteroatoms. The highest BCUT2D eigenvalue weighted by Gasteiger charge is 2.21. The average Bonchev–Trinajstić information content (AvgIpc) is 3.52. The molecule has 0 radical (unpaired) electrons. The van der Waals surface area contributed by atoms with Crippen LogP contribution < -0.4 is 15.1 Å². The van der Waals surface area contributed by atoms with Crippen LogP contribution in [0, 0.1) is 0 Å². The Kier molecular flexibility index (Phi) is 5.55. The monoisotopic (exact) mass is 430 g/mol. The minimum Gasteiger partial charge on any atom is -0.465 e. The summed E-state index contributed by atoms with van der Waals surface area (Å²) >= 11 is 0.